The van der Waals surface area contributed by atoms with Crippen LogP contribution in [0.3, 0.4) is 0 Å². The molecule has 0 saturated heterocycles. The summed E-state index contributed by atoms with van der Waals surface area (Å²) in [5.41, 5.74) is 5.15. The van der Waals surface area contributed by atoms with Crippen LogP contribution in [-0.2, 0) is 0 Å². The standard InChI is InChI=1S/C4H11N3/c5-2-1-3-7-4-6/h4H,1-3,5H2,(H2,6,7). The molecule has 0 atom stereocenters. The van der Waals surface area contributed by atoms with Gasteiger partial charge in [0.05, 0.1) is 6.34 Å². The average Bonchev–Trinajstić information content (AvgIpc) is 1.69. The number of nitrogens with two attached hydrogens (primary N) is 1. The van der Waals surface area contributed by atoms with Crippen LogP contribution in [-0.4, -0.2) is 19.4 Å². The third-order valence-electron chi connectivity index (χ3n) is 0.627. The molecule has 0 fully saturated rings. The molecule has 0 aromatic carbocycles. The maximum Gasteiger partial charge on any atom is 0.0791 e. The Hall–Kier alpha value is -0.570. The second-order valence-electron chi connectivity index (χ2n) is 1.24. The Morgan fingerprint density at radius 1 is 1.71 bits per heavy atom. The van der Waals surface area contributed by atoms with Crippen LogP contribution in [0.15, 0.2) is 0 Å². The van der Waals surface area contributed by atoms with Crippen LogP contribution >= 0.6 is 0 Å². The lowest BCUT2D eigenvalue weighted by Crippen LogP contribution is -2.15. The highest BCUT2D eigenvalue weighted by molar-refractivity contribution is 5.49. The highest BCUT2D eigenvalue weighted by atomic mass is 14.9. The van der Waals surface area contributed by atoms with Crippen molar-refractivity contribution < 1.29 is 0 Å². The quantitative estimate of drug-likeness (QED) is 0.255. The molecule has 0 spiro atoms. The van der Waals surface area contributed by atoms with Crippen molar-refractivity contribution in [1.29, 1.82) is 5.41 Å². The molecule has 0 unspecified atom stereocenters. The Morgan fingerprint density at radius 3 is 2.86 bits per heavy atom. The van der Waals surface area contributed by atoms with Gasteiger partial charge in [-0.15, -0.1) is 0 Å². The highest BCUT2D eigenvalue weighted by Gasteiger charge is 1.75. The molecule has 0 saturated carbocycles. The van der Waals surface area contributed by atoms with Crippen LogP contribution in [0, 0.1) is 5.41 Å². The topological polar surface area (TPSA) is 61.9 Å². The number of nitrogens with one attached hydrogen (secondary N) is 2. The predicted octanol–water partition coefficient (Wildman–Crippen LogP) is -0.468. The normalized spacial score (nSPS) is 8.14. The van der Waals surface area contributed by atoms with E-state index in [4.69, 9.17) is 11.1 Å². The summed E-state index contributed by atoms with van der Waals surface area (Å²) < 4.78 is 0. The van der Waals surface area contributed by atoms with Crippen molar-refractivity contribution in [1.82, 2.24) is 5.32 Å². The predicted molar refractivity (Wildman–Crippen MR) is 30.5 cm³/mol. The zero-order chi connectivity index (χ0) is 5.54. The molecular formula is C4H11N3. The molecule has 0 radical (unpaired) electrons. The van der Waals surface area contributed by atoms with Crippen LogP contribution in [0.1, 0.15) is 6.42 Å². The van der Waals surface area contributed by atoms with Gasteiger partial charge in [0, 0.05) is 6.54 Å². The fraction of sp³-hybridized carbons (Fsp3) is 0.750. The molecule has 0 aromatic rings. The van der Waals surface area contributed by atoms with Gasteiger partial charge in [0.2, 0.25) is 0 Å². The second-order valence-corrected chi connectivity index (χ2v) is 1.24. The van der Waals surface area contributed by atoms with Crippen molar-refractivity contribution in [3.63, 3.8) is 0 Å². The Labute approximate surface area is 43.4 Å². The van der Waals surface area contributed by atoms with Gasteiger partial charge in [0.15, 0.2) is 0 Å². The fourth-order valence-corrected chi connectivity index (χ4v) is 0.276. The van der Waals surface area contributed by atoms with Gasteiger partial charge in [-0.1, -0.05) is 0 Å². The Kier molecular flexibility index (Phi) is 4.99. The third kappa shape index (κ3) is 5.43. The molecular weight excluding hydrogens is 90.1 g/mol. The zero-order valence-corrected chi connectivity index (χ0v) is 4.28. The zero-order valence-electron chi connectivity index (χ0n) is 4.28. The molecule has 0 aliphatic heterocycles. The van der Waals surface area contributed by atoms with Crippen LogP contribution < -0.4 is 11.1 Å². The SMILES string of the molecule is N=CNCCCN. The molecule has 0 heterocycles. The number of hydrogen-bond donors (Lipinski definition) is 3. The van der Waals surface area contributed by atoms with E-state index in [9.17, 15) is 0 Å². The second kappa shape index (κ2) is 5.43. The van der Waals surface area contributed by atoms with E-state index in [-0.39, 0.29) is 0 Å². The van der Waals surface area contributed by atoms with Gasteiger partial charge < -0.3 is 11.1 Å². The van der Waals surface area contributed by atoms with Gasteiger partial charge >= 0.3 is 0 Å². The molecule has 0 aromatic heterocycles. The van der Waals surface area contributed by atoms with Crippen molar-refractivity contribution in [3.8, 4) is 0 Å². The van der Waals surface area contributed by atoms with E-state index in [0.717, 1.165) is 13.0 Å². The lowest BCUT2D eigenvalue weighted by molar-refractivity contribution is 0.789. The molecule has 3 nitrogen and oxygen atoms in total. The summed E-state index contributed by atoms with van der Waals surface area (Å²) in [6.07, 6.45) is 2.12. The molecule has 0 rings (SSSR count). The van der Waals surface area contributed by atoms with E-state index in [1.165, 1.54) is 6.34 Å². The number of rotatable bonds is 4. The van der Waals surface area contributed by atoms with Crippen LogP contribution in [0.25, 0.3) is 0 Å². The molecule has 4 N–H and O–H groups in total. The van der Waals surface area contributed by atoms with Crippen molar-refractivity contribution in [2.24, 2.45) is 5.73 Å². The van der Waals surface area contributed by atoms with Crippen molar-refractivity contribution in [2.45, 2.75) is 6.42 Å². The van der Waals surface area contributed by atoms with Gasteiger partial charge in [-0.2, -0.15) is 0 Å². The maximum absolute atomic E-state index is 6.50. The summed E-state index contributed by atoms with van der Waals surface area (Å²) in [5, 5.41) is 9.21. The smallest absolute Gasteiger partial charge is 0.0791 e. The largest absolute Gasteiger partial charge is 0.377 e. The van der Waals surface area contributed by atoms with Crippen LogP contribution in [0.5, 0.6) is 0 Å². The fourth-order valence-electron chi connectivity index (χ4n) is 0.276. The lowest BCUT2D eigenvalue weighted by Gasteiger charge is -1.92. The van der Waals surface area contributed by atoms with Crippen molar-refractivity contribution >= 4 is 6.34 Å². The first-order chi connectivity index (χ1) is 3.41. The number of hydrogen-bond acceptors (Lipinski definition) is 2. The molecule has 0 bridgehead atoms. The molecule has 7 heavy (non-hydrogen) atoms. The van der Waals surface area contributed by atoms with Crippen molar-refractivity contribution in [3.05, 3.63) is 0 Å². The van der Waals surface area contributed by atoms with E-state index < -0.39 is 0 Å². The summed E-state index contributed by atoms with van der Waals surface area (Å²) in [6.45, 7) is 1.51. The minimum atomic E-state index is 0.695. The molecule has 0 aliphatic carbocycles. The Bertz CT molecular complexity index is 44.2. The molecule has 3 heteroatoms. The van der Waals surface area contributed by atoms with E-state index in [2.05, 4.69) is 5.32 Å². The van der Waals surface area contributed by atoms with E-state index in [1.54, 1.807) is 0 Å². The van der Waals surface area contributed by atoms with E-state index in [1.807, 2.05) is 0 Å². The minimum absolute atomic E-state index is 0.695. The van der Waals surface area contributed by atoms with Gasteiger partial charge in [-0.3, -0.25) is 5.41 Å². The molecule has 0 amide bonds. The lowest BCUT2D eigenvalue weighted by atomic mass is 10.4. The van der Waals surface area contributed by atoms with Gasteiger partial charge in [-0.05, 0) is 13.0 Å². The van der Waals surface area contributed by atoms with Crippen LogP contribution in [0.2, 0.25) is 0 Å². The van der Waals surface area contributed by atoms with Crippen LogP contribution in [0.4, 0.5) is 0 Å². The highest BCUT2D eigenvalue weighted by Crippen LogP contribution is 1.63. The average molecular weight is 101 g/mol. The first-order valence-corrected chi connectivity index (χ1v) is 2.34. The van der Waals surface area contributed by atoms with E-state index >= 15 is 0 Å². The summed E-state index contributed by atoms with van der Waals surface area (Å²) in [6, 6.07) is 0. The van der Waals surface area contributed by atoms with Gasteiger partial charge in [0.25, 0.3) is 0 Å². The minimum Gasteiger partial charge on any atom is -0.377 e. The van der Waals surface area contributed by atoms with E-state index in [0.29, 0.717) is 6.54 Å². The summed E-state index contributed by atoms with van der Waals surface area (Å²) >= 11 is 0. The summed E-state index contributed by atoms with van der Waals surface area (Å²) in [7, 11) is 0. The summed E-state index contributed by atoms with van der Waals surface area (Å²) in [4.78, 5) is 0. The molecule has 0 aliphatic rings. The third-order valence-corrected chi connectivity index (χ3v) is 0.627. The first-order valence-electron chi connectivity index (χ1n) is 2.34. The summed E-state index contributed by atoms with van der Waals surface area (Å²) in [5.74, 6) is 0. The van der Waals surface area contributed by atoms with Gasteiger partial charge in [-0.25, -0.2) is 0 Å². The van der Waals surface area contributed by atoms with Crippen molar-refractivity contribution in [2.75, 3.05) is 13.1 Å². The Morgan fingerprint density at radius 2 is 2.43 bits per heavy atom. The molecule has 42 valence electrons. The Balaban J connectivity index is 2.56. The first kappa shape index (κ1) is 6.43. The maximum atomic E-state index is 6.50. The van der Waals surface area contributed by atoms with Gasteiger partial charge in [0.1, 0.15) is 0 Å². The monoisotopic (exact) mass is 101 g/mol.